The lowest BCUT2D eigenvalue weighted by molar-refractivity contribution is 0.161. The number of carbonyl (C=O) groups excluding carboxylic acids is 1. The van der Waals surface area contributed by atoms with Crippen molar-refractivity contribution in [1.29, 1.82) is 0 Å². The van der Waals surface area contributed by atoms with Crippen molar-refractivity contribution in [3.63, 3.8) is 0 Å². The molecule has 0 aliphatic heterocycles. The van der Waals surface area contributed by atoms with E-state index >= 15 is 0 Å². The molecule has 0 spiro atoms. The van der Waals surface area contributed by atoms with Crippen LogP contribution in [0.5, 0.6) is 0 Å². The van der Waals surface area contributed by atoms with Crippen LogP contribution in [-0.4, -0.2) is 31.8 Å². The third-order valence-corrected chi connectivity index (χ3v) is 3.63. The summed E-state index contributed by atoms with van der Waals surface area (Å²) in [6.45, 7) is 2.39. The molecule has 0 radical (unpaired) electrons. The van der Waals surface area contributed by atoms with Crippen LogP contribution in [0.15, 0.2) is 18.2 Å². The zero-order valence-corrected chi connectivity index (χ0v) is 12.1. The molecule has 0 fully saturated rings. The molecule has 5 nitrogen and oxygen atoms in total. The summed E-state index contributed by atoms with van der Waals surface area (Å²) in [5.74, 6) is 0. The van der Waals surface area contributed by atoms with Crippen LogP contribution in [0, 0.1) is 0 Å². The lowest BCUT2D eigenvalue weighted by Crippen LogP contribution is -2.13. The summed E-state index contributed by atoms with van der Waals surface area (Å²) in [7, 11) is 3.91. The van der Waals surface area contributed by atoms with Crippen molar-refractivity contribution in [3.05, 3.63) is 18.2 Å². The smallest absolute Gasteiger partial charge is 0.411 e. The Bertz CT molecular complexity index is 580. The molecule has 0 aliphatic rings. The number of fused-ring (bicyclic) bond motifs is 1. The van der Waals surface area contributed by atoms with Crippen molar-refractivity contribution in [2.24, 2.45) is 0 Å². The average Bonchev–Trinajstić information content (AvgIpc) is 2.79. The molecule has 0 saturated carbocycles. The molecule has 6 heteroatoms. The van der Waals surface area contributed by atoms with E-state index in [0.29, 0.717) is 6.61 Å². The van der Waals surface area contributed by atoms with Crippen molar-refractivity contribution in [2.45, 2.75) is 13.3 Å². The predicted molar refractivity (Wildman–Crippen MR) is 79.2 cm³/mol. The van der Waals surface area contributed by atoms with E-state index in [0.717, 1.165) is 27.5 Å². The van der Waals surface area contributed by atoms with Gasteiger partial charge in [0.15, 0.2) is 5.13 Å². The first-order valence-electron chi connectivity index (χ1n) is 6.12. The Morgan fingerprint density at radius 2 is 2.26 bits per heavy atom. The maximum absolute atomic E-state index is 11.5. The molecule has 1 heterocycles. The monoisotopic (exact) mass is 279 g/mol. The highest BCUT2D eigenvalue weighted by atomic mass is 32.1. The topological polar surface area (TPSA) is 54.5 Å². The molecule has 1 aromatic heterocycles. The van der Waals surface area contributed by atoms with Gasteiger partial charge in [0.25, 0.3) is 0 Å². The number of hydrogen-bond donors (Lipinski definition) is 1. The van der Waals surface area contributed by atoms with E-state index in [1.54, 1.807) is 11.3 Å². The fourth-order valence-electron chi connectivity index (χ4n) is 1.53. The Morgan fingerprint density at radius 1 is 1.47 bits per heavy atom. The maximum atomic E-state index is 11.5. The SMILES string of the molecule is CCCOC(=O)Nc1ccc2nc(N(C)C)sc2c1. The van der Waals surface area contributed by atoms with E-state index in [1.807, 2.05) is 44.1 Å². The van der Waals surface area contributed by atoms with Crippen LogP contribution in [0.1, 0.15) is 13.3 Å². The second-order valence-corrected chi connectivity index (χ2v) is 5.34. The number of amides is 1. The first-order chi connectivity index (χ1) is 9.10. The molecule has 2 aromatic rings. The zero-order valence-electron chi connectivity index (χ0n) is 11.3. The molecule has 0 unspecified atom stereocenters. The van der Waals surface area contributed by atoms with Crippen molar-refractivity contribution < 1.29 is 9.53 Å². The van der Waals surface area contributed by atoms with Crippen molar-refractivity contribution in [1.82, 2.24) is 4.98 Å². The summed E-state index contributed by atoms with van der Waals surface area (Å²) in [6, 6.07) is 5.64. The molecule has 1 N–H and O–H groups in total. The Kier molecular flexibility index (Phi) is 4.21. The standard InChI is InChI=1S/C13H17N3O2S/c1-4-7-18-13(17)14-9-5-6-10-11(8-9)19-12(15-10)16(2)3/h5-6,8H,4,7H2,1-3H3,(H,14,17). The molecule has 0 atom stereocenters. The molecular weight excluding hydrogens is 262 g/mol. The van der Waals surface area contributed by atoms with Gasteiger partial charge in [0.05, 0.1) is 16.8 Å². The fourth-order valence-corrected chi connectivity index (χ4v) is 2.46. The Balaban J connectivity index is 2.14. The van der Waals surface area contributed by atoms with E-state index in [1.165, 1.54) is 0 Å². The summed E-state index contributed by atoms with van der Waals surface area (Å²) in [5, 5.41) is 3.66. The largest absolute Gasteiger partial charge is 0.449 e. The number of hydrogen-bond acceptors (Lipinski definition) is 5. The van der Waals surface area contributed by atoms with E-state index < -0.39 is 6.09 Å². The minimum Gasteiger partial charge on any atom is -0.449 e. The molecule has 0 saturated heterocycles. The quantitative estimate of drug-likeness (QED) is 0.932. The fraction of sp³-hybridized carbons (Fsp3) is 0.385. The molecular formula is C13H17N3O2S. The summed E-state index contributed by atoms with van der Waals surface area (Å²) in [6.07, 6.45) is 0.395. The molecule has 0 aliphatic carbocycles. The summed E-state index contributed by atoms with van der Waals surface area (Å²) >= 11 is 1.59. The minimum atomic E-state index is -0.418. The number of aromatic nitrogens is 1. The lowest BCUT2D eigenvalue weighted by Gasteiger charge is -2.05. The van der Waals surface area contributed by atoms with Gasteiger partial charge in [-0.05, 0) is 24.6 Å². The van der Waals surface area contributed by atoms with Gasteiger partial charge in [-0.1, -0.05) is 18.3 Å². The third-order valence-electron chi connectivity index (χ3n) is 2.44. The van der Waals surface area contributed by atoms with Gasteiger partial charge in [-0.15, -0.1) is 0 Å². The normalized spacial score (nSPS) is 10.5. The van der Waals surface area contributed by atoms with Crippen LogP contribution in [0.25, 0.3) is 10.2 Å². The van der Waals surface area contributed by atoms with Crippen LogP contribution in [0.4, 0.5) is 15.6 Å². The van der Waals surface area contributed by atoms with E-state index in [9.17, 15) is 4.79 Å². The van der Waals surface area contributed by atoms with E-state index in [2.05, 4.69) is 10.3 Å². The number of benzene rings is 1. The van der Waals surface area contributed by atoms with Crippen molar-refractivity contribution >= 4 is 38.5 Å². The first-order valence-corrected chi connectivity index (χ1v) is 6.93. The number of anilines is 2. The summed E-state index contributed by atoms with van der Waals surface area (Å²) in [5.41, 5.74) is 1.66. The molecule has 19 heavy (non-hydrogen) atoms. The van der Waals surface area contributed by atoms with Gasteiger partial charge in [0.2, 0.25) is 0 Å². The van der Waals surface area contributed by atoms with Gasteiger partial charge >= 0.3 is 6.09 Å². The Morgan fingerprint density at radius 3 is 2.95 bits per heavy atom. The van der Waals surface area contributed by atoms with Crippen LogP contribution < -0.4 is 10.2 Å². The number of thiazole rings is 1. The lowest BCUT2D eigenvalue weighted by atomic mass is 10.3. The average molecular weight is 279 g/mol. The van der Waals surface area contributed by atoms with Crippen LogP contribution in [0.3, 0.4) is 0 Å². The molecule has 1 aromatic carbocycles. The van der Waals surface area contributed by atoms with Crippen LogP contribution in [0.2, 0.25) is 0 Å². The Hall–Kier alpha value is -1.82. The van der Waals surface area contributed by atoms with Crippen LogP contribution >= 0.6 is 11.3 Å². The number of nitrogens with zero attached hydrogens (tertiary/aromatic N) is 2. The minimum absolute atomic E-state index is 0.418. The van der Waals surface area contributed by atoms with Gasteiger partial charge in [-0.3, -0.25) is 5.32 Å². The number of carbonyl (C=O) groups is 1. The highest BCUT2D eigenvalue weighted by Crippen LogP contribution is 2.29. The molecule has 102 valence electrons. The number of ether oxygens (including phenoxy) is 1. The van der Waals surface area contributed by atoms with Crippen LogP contribution in [-0.2, 0) is 4.74 Å². The summed E-state index contributed by atoms with van der Waals surface area (Å²) in [4.78, 5) is 17.9. The van der Waals surface area contributed by atoms with Crippen molar-refractivity contribution in [3.8, 4) is 0 Å². The molecule has 0 bridgehead atoms. The van der Waals surface area contributed by atoms with Gasteiger partial charge in [-0.25, -0.2) is 9.78 Å². The highest BCUT2D eigenvalue weighted by molar-refractivity contribution is 7.22. The Labute approximate surface area is 116 Å². The van der Waals surface area contributed by atoms with Gasteiger partial charge < -0.3 is 9.64 Å². The van der Waals surface area contributed by atoms with Gasteiger partial charge in [0.1, 0.15) is 0 Å². The number of rotatable bonds is 4. The first kappa shape index (κ1) is 13.6. The number of nitrogens with one attached hydrogen (secondary N) is 1. The third kappa shape index (κ3) is 3.35. The molecule has 2 rings (SSSR count). The zero-order chi connectivity index (χ0) is 13.8. The second-order valence-electron chi connectivity index (χ2n) is 4.33. The van der Waals surface area contributed by atoms with E-state index in [-0.39, 0.29) is 0 Å². The molecule has 1 amide bonds. The predicted octanol–water partition coefficient (Wildman–Crippen LogP) is 3.32. The second kappa shape index (κ2) is 5.88. The van der Waals surface area contributed by atoms with E-state index in [4.69, 9.17) is 4.74 Å². The highest BCUT2D eigenvalue weighted by Gasteiger charge is 2.08. The summed E-state index contributed by atoms with van der Waals surface area (Å²) < 4.78 is 6.02. The van der Waals surface area contributed by atoms with Gasteiger partial charge in [0, 0.05) is 19.8 Å². The van der Waals surface area contributed by atoms with Gasteiger partial charge in [-0.2, -0.15) is 0 Å². The van der Waals surface area contributed by atoms with Crippen molar-refractivity contribution in [2.75, 3.05) is 30.9 Å². The maximum Gasteiger partial charge on any atom is 0.411 e.